The number of nitrogens with two attached hydrogens (primary N) is 1. The zero-order valence-corrected chi connectivity index (χ0v) is 11.4. The molecule has 2 N–H and O–H groups in total. The third-order valence-electron chi connectivity index (χ3n) is 2.50. The van der Waals surface area contributed by atoms with Gasteiger partial charge in [0.1, 0.15) is 18.1 Å². The summed E-state index contributed by atoms with van der Waals surface area (Å²) in [5.41, 5.74) is 6.86. The van der Waals surface area contributed by atoms with Crippen LogP contribution in [0.25, 0.3) is 0 Å². The summed E-state index contributed by atoms with van der Waals surface area (Å²) in [6, 6.07) is 5.91. The lowest BCUT2D eigenvalue weighted by Crippen LogP contribution is -2.24. The van der Waals surface area contributed by atoms with Gasteiger partial charge in [-0.2, -0.15) is 0 Å². The highest BCUT2D eigenvalue weighted by atomic mass is 16.5. The van der Waals surface area contributed by atoms with E-state index in [4.69, 9.17) is 15.2 Å². The maximum atomic E-state index is 5.74. The van der Waals surface area contributed by atoms with Crippen molar-refractivity contribution in [2.45, 2.75) is 39.2 Å². The van der Waals surface area contributed by atoms with Gasteiger partial charge in [-0.3, -0.25) is 0 Å². The molecule has 0 aliphatic heterocycles. The van der Waals surface area contributed by atoms with E-state index in [1.165, 1.54) is 0 Å². The minimum Gasteiger partial charge on any atom is -0.497 e. The van der Waals surface area contributed by atoms with Crippen LogP contribution in [0.15, 0.2) is 18.2 Å². The molecule has 1 atom stereocenters. The molecular formula is C14H23NO2. The predicted octanol–water partition coefficient (Wildman–Crippen LogP) is 2.72. The fourth-order valence-electron chi connectivity index (χ4n) is 1.57. The molecule has 1 rings (SSSR count). The van der Waals surface area contributed by atoms with Gasteiger partial charge in [0, 0.05) is 11.6 Å². The molecule has 0 aliphatic rings. The molecule has 0 saturated heterocycles. The Labute approximate surface area is 104 Å². The van der Waals surface area contributed by atoms with E-state index in [1.54, 1.807) is 7.11 Å². The second-order valence-electron chi connectivity index (χ2n) is 5.40. The quantitative estimate of drug-likeness (QED) is 0.875. The summed E-state index contributed by atoms with van der Waals surface area (Å²) in [7, 11) is 1.67. The van der Waals surface area contributed by atoms with Gasteiger partial charge in [0.2, 0.25) is 0 Å². The molecule has 0 heterocycles. The first-order valence-electron chi connectivity index (χ1n) is 5.91. The van der Waals surface area contributed by atoms with Gasteiger partial charge < -0.3 is 15.2 Å². The first-order chi connectivity index (χ1) is 7.84. The second kappa shape index (κ2) is 5.41. The van der Waals surface area contributed by atoms with Crippen molar-refractivity contribution in [1.29, 1.82) is 0 Å². The standard InChI is InChI=1S/C14H23NO2/c1-10(15)9-17-13-7-6-11(16-5)8-12(13)14(2,3)4/h6-8,10H,9,15H2,1-5H3. The van der Waals surface area contributed by atoms with Crippen LogP contribution >= 0.6 is 0 Å². The van der Waals surface area contributed by atoms with E-state index in [2.05, 4.69) is 20.8 Å². The maximum absolute atomic E-state index is 5.74. The minimum absolute atomic E-state index is 0.0156. The Morgan fingerprint density at radius 3 is 2.41 bits per heavy atom. The van der Waals surface area contributed by atoms with Gasteiger partial charge in [0.25, 0.3) is 0 Å². The van der Waals surface area contributed by atoms with Crippen LogP contribution in [0.2, 0.25) is 0 Å². The number of hydrogen-bond donors (Lipinski definition) is 1. The monoisotopic (exact) mass is 237 g/mol. The average Bonchev–Trinajstić information content (AvgIpc) is 2.24. The van der Waals surface area contributed by atoms with Gasteiger partial charge in [-0.1, -0.05) is 20.8 Å². The summed E-state index contributed by atoms with van der Waals surface area (Å²) in [6.45, 7) is 8.91. The van der Waals surface area contributed by atoms with E-state index in [0.717, 1.165) is 17.1 Å². The van der Waals surface area contributed by atoms with Crippen molar-refractivity contribution >= 4 is 0 Å². The van der Waals surface area contributed by atoms with Gasteiger partial charge in [-0.15, -0.1) is 0 Å². The summed E-state index contributed by atoms with van der Waals surface area (Å²) in [6.07, 6.45) is 0. The molecular weight excluding hydrogens is 214 g/mol. The second-order valence-corrected chi connectivity index (χ2v) is 5.40. The molecule has 0 radical (unpaired) electrons. The number of methoxy groups -OCH3 is 1. The molecule has 0 aromatic heterocycles. The van der Waals surface area contributed by atoms with Crippen molar-refractivity contribution in [2.75, 3.05) is 13.7 Å². The van der Waals surface area contributed by atoms with Gasteiger partial charge >= 0.3 is 0 Å². The molecule has 1 aromatic carbocycles. The maximum Gasteiger partial charge on any atom is 0.123 e. The van der Waals surface area contributed by atoms with Crippen LogP contribution in [-0.2, 0) is 5.41 Å². The fraction of sp³-hybridized carbons (Fsp3) is 0.571. The fourth-order valence-corrected chi connectivity index (χ4v) is 1.57. The lowest BCUT2D eigenvalue weighted by molar-refractivity contribution is 0.288. The molecule has 1 unspecified atom stereocenters. The third-order valence-corrected chi connectivity index (χ3v) is 2.50. The van der Waals surface area contributed by atoms with E-state index in [1.807, 2.05) is 25.1 Å². The van der Waals surface area contributed by atoms with Crippen molar-refractivity contribution in [3.63, 3.8) is 0 Å². The highest BCUT2D eigenvalue weighted by Crippen LogP contribution is 2.34. The van der Waals surface area contributed by atoms with E-state index >= 15 is 0 Å². The van der Waals surface area contributed by atoms with E-state index in [9.17, 15) is 0 Å². The molecule has 0 aliphatic carbocycles. The molecule has 3 nitrogen and oxygen atoms in total. The molecule has 0 saturated carbocycles. The van der Waals surface area contributed by atoms with Gasteiger partial charge in [0.15, 0.2) is 0 Å². The van der Waals surface area contributed by atoms with Crippen LogP contribution < -0.4 is 15.2 Å². The smallest absolute Gasteiger partial charge is 0.123 e. The van der Waals surface area contributed by atoms with Gasteiger partial charge in [-0.05, 0) is 30.5 Å². The van der Waals surface area contributed by atoms with Crippen LogP contribution in [0.1, 0.15) is 33.3 Å². The highest BCUT2D eigenvalue weighted by Gasteiger charge is 2.20. The molecule has 0 spiro atoms. The normalized spacial score (nSPS) is 13.3. The van der Waals surface area contributed by atoms with Gasteiger partial charge in [-0.25, -0.2) is 0 Å². The van der Waals surface area contributed by atoms with Crippen LogP contribution in [0.3, 0.4) is 0 Å². The Balaban J connectivity index is 3.03. The first kappa shape index (κ1) is 13.8. The Kier molecular flexibility index (Phi) is 4.40. The topological polar surface area (TPSA) is 44.5 Å². The Morgan fingerprint density at radius 1 is 1.29 bits per heavy atom. The van der Waals surface area contributed by atoms with E-state index in [-0.39, 0.29) is 11.5 Å². The number of benzene rings is 1. The van der Waals surface area contributed by atoms with Crippen molar-refractivity contribution in [1.82, 2.24) is 0 Å². The molecule has 1 aromatic rings. The zero-order chi connectivity index (χ0) is 13.1. The lowest BCUT2D eigenvalue weighted by Gasteiger charge is -2.24. The summed E-state index contributed by atoms with van der Waals surface area (Å²) >= 11 is 0. The molecule has 0 fully saturated rings. The highest BCUT2D eigenvalue weighted by molar-refractivity contribution is 5.44. The molecule has 96 valence electrons. The summed E-state index contributed by atoms with van der Waals surface area (Å²) in [5.74, 6) is 1.73. The first-order valence-corrected chi connectivity index (χ1v) is 5.91. The largest absolute Gasteiger partial charge is 0.497 e. The minimum atomic E-state index is 0.0156. The van der Waals surface area contributed by atoms with Crippen LogP contribution in [0.5, 0.6) is 11.5 Å². The molecule has 0 bridgehead atoms. The van der Waals surface area contributed by atoms with Crippen molar-refractivity contribution in [2.24, 2.45) is 5.73 Å². The predicted molar refractivity (Wildman–Crippen MR) is 70.8 cm³/mol. The van der Waals surface area contributed by atoms with Crippen molar-refractivity contribution < 1.29 is 9.47 Å². The Hall–Kier alpha value is -1.22. The van der Waals surface area contributed by atoms with Crippen LogP contribution in [0.4, 0.5) is 0 Å². The summed E-state index contributed by atoms with van der Waals surface area (Å²) < 4.78 is 11.0. The third kappa shape index (κ3) is 3.93. The number of ether oxygens (including phenoxy) is 2. The Bertz CT molecular complexity index is 367. The molecule has 0 amide bonds. The number of hydrogen-bond acceptors (Lipinski definition) is 3. The molecule has 3 heteroatoms. The Morgan fingerprint density at radius 2 is 1.94 bits per heavy atom. The lowest BCUT2D eigenvalue weighted by atomic mass is 9.86. The summed E-state index contributed by atoms with van der Waals surface area (Å²) in [5, 5.41) is 0. The molecule has 17 heavy (non-hydrogen) atoms. The van der Waals surface area contributed by atoms with Crippen LogP contribution in [-0.4, -0.2) is 19.8 Å². The number of rotatable bonds is 4. The van der Waals surface area contributed by atoms with Gasteiger partial charge in [0.05, 0.1) is 7.11 Å². The van der Waals surface area contributed by atoms with E-state index < -0.39 is 0 Å². The van der Waals surface area contributed by atoms with Crippen molar-refractivity contribution in [3.05, 3.63) is 23.8 Å². The average molecular weight is 237 g/mol. The zero-order valence-electron chi connectivity index (χ0n) is 11.4. The SMILES string of the molecule is COc1ccc(OCC(C)N)c(C(C)(C)C)c1. The summed E-state index contributed by atoms with van der Waals surface area (Å²) in [4.78, 5) is 0. The van der Waals surface area contributed by atoms with Crippen LogP contribution in [0, 0.1) is 0 Å². The van der Waals surface area contributed by atoms with E-state index in [0.29, 0.717) is 6.61 Å². The van der Waals surface area contributed by atoms with Crippen molar-refractivity contribution in [3.8, 4) is 11.5 Å².